The van der Waals surface area contributed by atoms with E-state index in [2.05, 4.69) is 45.6 Å². The molecule has 0 bridgehead atoms. The molecule has 1 heterocycles. The first kappa shape index (κ1) is 18.3. The van der Waals surface area contributed by atoms with E-state index in [0.29, 0.717) is 5.25 Å². The van der Waals surface area contributed by atoms with Gasteiger partial charge in [-0.15, -0.1) is 0 Å². The Balaban J connectivity index is 0.000000853. The molecule has 0 nitrogen and oxygen atoms in total. The number of thioether (sulfide) groups is 1. The molecule has 88 valence electrons. The number of fused-ring (bicyclic) bond motifs is 2. The molecule has 1 aliphatic heterocycles. The van der Waals surface area contributed by atoms with E-state index in [1.54, 1.807) is 5.57 Å². The first-order valence-electron chi connectivity index (χ1n) is 4.35. The molecule has 0 fully saturated rings. The van der Waals surface area contributed by atoms with Crippen molar-refractivity contribution in [3.63, 3.8) is 0 Å². The zero-order valence-corrected chi connectivity index (χ0v) is 15.5. The summed E-state index contributed by atoms with van der Waals surface area (Å²) in [5.74, 6) is 0. The van der Waals surface area contributed by atoms with Crippen molar-refractivity contribution in [1.29, 1.82) is 0 Å². The molecule has 0 spiro atoms. The van der Waals surface area contributed by atoms with E-state index in [4.69, 9.17) is 0 Å². The van der Waals surface area contributed by atoms with Gasteiger partial charge in [-0.25, -0.2) is 0 Å². The molecule has 1 aromatic carbocycles. The van der Waals surface area contributed by atoms with Crippen molar-refractivity contribution >= 4 is 39.3 Å². The van der Waals surface area contributed by atoms with E-state index in [1.807, 2.05) is 11.8 Å². The Morgan fingerprint density at radius 1 is 1.18 bits per heavy atom. The van der Waals surface area contributed by atoms with Crippen LogP contribution in [0.1, 0.15) is 0 Å². The van der Waals surface area contributed by atoms with E-state index in [1.165, 1.54) is 42.9 Å². The fourth-order valence-corrected chi connectivity index (χ4v) is 4.80. The minimum atomic E-state index is 0. The van der Waals surface area contributed by atoms with Crippen molar-refractivity contribution in [3.8, 4) is 0 Å². The predicted molar refractivity (Wildman–Crippen MR) is 60.7 cm³/mol. The Kier molecular flexibility index (Phi) is 7.71. The zero-order chi connectivity index (χ0) is 9.71. The number of hydrogen-bond acceptors (Lipinski definition) is 1. The van der Waals surface area contributed by atoms with Gasteiger partial charge in [0, 0.05) is 0 Å². The second-order valence-corrected chi connectivity index (χ2v) is 6.66. The number of allylic oxidation sites excluding steroid dienone is 1. The van der Waals surface area contributed by atoms with E-state index >= 15 is 0 Å². The standard InChI is InChI=1S/C11H6BrS.3ClH.Zr/c12-8-1-2-9-7(5-8)6-11-10(9)3-4-13-11;;;;/h1-2,4-6,11H;3*1H;/q;;;;+3/p-3. The second-order valence-electron chi connectivity index (χ2n) is 3.40. The van der Waals surface area contributed by atoms with Gasteiger partial charge in [0.1, 0.15) is 0 Å². The summed E-state index contributed by atoms with van der Waals surface area (Å²) in [6.45, 7) is 0. The Hall–Kier alpha value is 1.28. The molecule has 0 aromatic heterocycles. The Morgan fingerprint density at radius 3 is 2.59 bits per heavy atom. The monoisotopic (exact) mass is 444 g/mol. The molecule has 0 saturated heterocycles. The smallest absolute Gasteiger partial charge is 1.00 e. The van der Waals surface area contributed by atoms with Crippen LogP contribution >= 0.6 is 27.7 Å². The third kappa shape index (κ3) is 3.24. The number of rotatable bonds is 0. The molecule has 1 unspecified atom stereocenters. The van der Waals surface area contributed by atoms with Crippen LogP contribution in [0, 0.1) is 0 Å². The van der Waals surface area contributed by atoms with Crippen molar-refractivity contribution in [2.24, 2.45) is 0 Å². The maximum Gasteiger partial charge on any atom is -1.00 e. The van der Waals surface area contributed by atoms with Gasteiger partial charge in [0.15, 0.2) is 0 Å². The van der Waals surface area contributed by atoms with Crippen LogP contribution in [0.3, 0.4) is 0 Å². The van der Waals surface area contributed by atoms with E-state index < -0.39 is 0 Å². The van der Waals surface area contributed by atoms with Crippen LogP contribution in [0.25, 0.3) is 11.6 Å². The minimum Gasteiger partial charge on any atom is -1.00 e. The fraction of sp³-hybridized carbons (Fsp3) is 0.0909. The van der Waals surface area contributed by atoms with Crippen molar-refractivity contribution < 1.29 is 61.9 Å². The number of halogens is 4. The average molecular weight is 448 g/mol. The third-order valence-electron chi connectivity index (χ3n) is 2.54. The molecule has 0 radical (unpaired) electrons. The summed E-state index contributed by atoms with van der Waals surface area (Å²) >= 11 is 6.98. The van der Waals surface area contributed by atoms with E-state index in [0.717, 1.165) is 0 Å². The summed E-state index contributed by atoms with van der Waals surface area (Å²) in [5, 5.41) is 5.72. The van der Waals surface area contributed by atoms with Crippen molar-refractivity contribution in [2.75, 3.05) is 0 Å². The molecule has 2 aliphatic rings. The molecule has 6 heteroatoms. The van der Waals surface area contributed by atoms with Crippen molar-refractivity contribution in [1.82, 2.24) is 0 Å². The summed E-state index contributed by atoms with van der Waals surface area (Å²) < 4.78 is 2.69. The maximum absolute atomic E-state index is 3.51. The predicted octanol–water partition coefficient (Wildman–Crippen LogP) is -7.09. The second kappa shape index (κ2) is 7.17. The van der Waals surface area contributed by atoms with Gasteiger partial charge in [0.2, 0.25) is 0 Å². The number of hydrogen-bond donors (Lipinski definition) is 0. The molecular weight excluding hydrogens is 442 g/mol. The summed E-state index contributed by atoms with van der Waals surface area (Å²) in [4.78, 5) is 0. The van der Waals surface area contributed by atoms with Gasteiger partial charge in [0.05, 0.1) is 0 Å². The molecule has 3 rings (SSSR count). The van der Waals surface area contributed by atoms with Gasteiger partial charge in [-0.2, -0.15) is 0 Å². The molecule has 0 N–H and O–H groups in total. The summed E-state index contributed by atoms with van der Waals surface area (Å²) in [6, 6.07) is 6.58. The largest absolute Gasteiger partial charge is 1.00 e. The van der Waals surface area contributed by atoms with Crippen LogP contribution in [0.4, 0.5) is 0 Å². The van der Waals surface area contributed by atoms with Crippen LogP contribution in [0.5, 0.6) is 0 Å². The molecule has 1 aromatic rings. The SMILES string of the molecule is Brc1ccc2c(c1)=CC1SC=[C]([Zr+3])C=21.[Cl-].[Cl-].[Cl-]. The van der Waals surface area contributed by atoms with Gasteiger partial charge < -0.3 is 37.2 Å². The number of benzene rings is 1. The molecule has 1 atom stereocenters. The third-order valence-corrected chi connectivity index (χ3v) is 5.60. The van der Waals surface area contributed by atoms with Crippen molar-refractivity contribution in [3.05, 3.63) is 41.8 Å². The van der Waals surface area contributed by atoms with Gasteiger partial charge in [-0.3, -0.25) is 0 Å². The van der Waals surface area contributed by atoms with Gasteiger partial charge in [-0.1, -0.05) is 0 Å². The first-order chi connectivity index (χ1) is 6.75. The zero-order valence-electron chi connectivity index (χ0n) is 8.38. The molecular formula is C11H6BrCl3SZr. The Labute approximate surface area is 147 Å². The van der Waals surface area contributed by atoms with E-state index in [-0.39, 0.29) is 37.2 Å². The summed E-state index contributed by atoms with van der Waals surface area (Å²) in [7, 11) is 0. The Bertz CT molecular complexity index is 571. The van der Waals surface area contributed by atoms with E-state index in [9.17, 15) is 0 Å². The van der Waals surface area contributed by atoms with Gasteiger partial charge in [0.25, 0.3) is 0 Å². The summed E-state index contributed by atoms with van der Waals surface area (Å²) in [5.41, 5.74) is 1.55. The van der Waals surface area contributed by atoms with Crippen LogP contribution < -0.4 is 47.7 Å². The van der Waals surface area contributed by atoms with Crippen LogP contribution in [0.2, 0.25) is 0 Å². The van der Waals surface area contributed by atoms with Crippen LogP contribution in [-0.2, 0) is 24.7 Å². The fourth-order valence-electron chi connectivity index (χ4n) is 1.93. The van der Waals surface area contributed by atoms with Crippen LogP contribution in [-0.4, -0.2) is 5.25 Å². The molecule has 0 amide bonds. The topological polar surface area (TPSA) is 0 Å². The van der Waals surface area contributed by atoms with Crippen molar-refractivity contribution in [2.45, 2.75) is 5.25 Å². The quantitative estimate of drug-likeness (QED) is 0.381. The maximum atomic E-state index is 3.51. The minimum absolute atomic E-state index is 0. The molecule has 0 saturated carbocycles. The normalized spacial score (nSPS) is 18.9. The molecule has 17 heavy (non-hydrogen) atoms. The van der Waals surface area contributed by atoms with Gasteiger partial charge in [-0.05, 0) is 0 Å². The van der Waals surface area contributed by atoms with Gasteiger partial charge >= 0.3 is 111 Å². The average Bonchev–Trinajstić information content (AvgIpc) is 2.66. The summed E-state index contributed by atoms with van der Waals surface area (Å²) in [6.07, 6.45) is 2.37. The Morgan fingerprint density at radius 2 is 1.88 bits per heavy atom. The molecule has 1 aliphatic carbocycles. The first-order valence-corrected chi connectivity index (χ1v) is 7.31. The van der Waals surface area contributed by atoms with Crippen LogP contribution in [0.15, 0.2) is 31.4 Å².